The number of carbonyl (C=O) groups is 4. The van der Waals surface area contributed by atoms with Crippen molar-refractivity contribution in [3.63, 3.8) is 0 Å². The first kappa shape index (κ1) is 28.4. The summed E-state index contributed by atoms with van der Waals surface area (Å²) in [5.41, 5.74) is 1.32. The van der Waals surface area contributed by atoms with Crippen molar-refractivity contribution in [1.82, 2.24) is 26.1 Å². The van der Waals surface area contributed by atoms with Crippen molar-refractivity contribution in [2.24, 2.45) is 5.92 Å². The molecule has 3 heterocycles. The first-order valence-electron chi connectivity index (χ1n) is 11.9. The van der Waals surface area contributed by atoms with Crippen LogP contribution in [0.15, 0.2) is 21.5 Å². The summed E-state index contributed by atoms with van der Waals surface area (Å²) in [5, 5.41) is 13.5. The maximum atomic E-state index is 13.4. The molecule has 12 nitrogen and oxygen atoms in total. The Bertz CT molecular complexity index is 1100. The van der Waals surface area contributed by atoms with E-state index in [0.717, 1.165) is 0 Å². The minimum atomic E-state index is -1.12. The predicted octanol–water partition coefficient (Wildman–Crippen LogP) is 0.801. The highest BCUT2D eigenvalue weighted by molar-refractivity contribution is 7.07. The second-order valence-electron chi connectivity index (χ2n) is 9.62. The highest BCUT2D eigenvalue weighted by Gasteiger charge is 2.50. The van der Waals surface area contributed by atoms with Crippen molar-refractivity contribution < 1.29 is 33.2 Å². The fourth-order valence-electron chi connectivity index (χ4n) is 3.68. The summed E-state index contributed by atoms with van der Waals surface area (Å²) in [6.45, 7) is 7.38. The molecular formula is C24H33N5O7S. The number of carbonyl (C=O) groups excluding carboxylic acids is 4. The molecule has 1 fully saturated rings. The highest BCUT2D eigenvalue weighted by Crippen LogP contribution is 2.29. The van der Waals surface area contributed by atoms with Gasteiger partial charge in [0.15, 0.2) is 11.5 Å². The van der Waals surface area contributed by atoms with E-state index in [1.807, 2.05) is 13.8 Å². The largest absolute Gasteiger partial charge is 0.382 e. The van der Waals surface area contributed by atoms with Gasteiger partial charge in [0.25, 0.3) is 5.91 Å². The van der Waals surface area contributed by atoms with Crippen LogP contribution in [-0.4, -0.2) is 77.7 Å². The number of ether oxygens (including phenoxy) is 2. The molecule has 37 heavy (non-hydrogen) atoms. The lowest BCUT2D eigenvalue weighted by atomic mass is 9.93. The van der Waals surface area contributed by atoms with Gasteiger partial charge < -0.3 is 29.9 Å². The Hall–Kier alpha value is -3.16. The lowest BCUT2D eigenvalue weighted by Gasteiger charge is -2.26. The van der Waals surface area contributed by atoms with E-state index in [0.29, 0.717) is 24.5 Å². The standard InChI is InChI=1S/C24H33N5O7S/c1-13(2)6-16(20(30)24(4)11-35-24)26-21(31)17(8-15-10-37-12-25-15)27-23(33)19(9-34-5)28-22(32)18-7-14(3)36-29-18/h7,10,12-13,16-17,19H,6,8-9,11H2,1-5H3,(H,26,31)(H,27,33)(H,28,32)/t16-,17?,19-,24+/m0/s1. The molecule has 3 N–H and O–H groups in total. The van der Waals surface area contributed by atoms with Crippen LogP contribution >= 0.6 is 11.3 Å². The number of rotatable bonds is 14. The SMILES string of the molecule is COC[C@H](NC(=O)c1cc(C)on1)C(=O)NC(Cc1cscn1)C(=O)N[C@@H](CC(C)C)C(=O)[C@@]1(C)CO1. The molecule has 0 aromatic carbocycles. The molecule has 4 atom stereocenters. The fourth-order valence-corrected chi connectivity index (χ4v) is 4.25. The summed E-state index contributed by atoms with van der Waals surface area (Å²) in [7, 11) is 1.38. The quantitative estimate of drug-likeness (QED) is 0.297. The van der Waals surface area contributed by atoms with Gasteiger partial charge in [-0.2, -0.15) is 0 Å². The lowest BCUT2D eigenvalue weighted by Crippen LogP contribution is -2.58. The molecule has 2 aromatic heterocycles. The van der Waals surface area contributed by atoms with Gasteiger partial charge in [0.1, 0.15) is 23.4 Å². The van der Waals surface area contributed by atoms with E-state index in [1.54, 1.807) is 24.7 Å². The normalized spacial score (nSPS) is 19.1. The first-order valence-corrected chi connectivity index (χ1v) is 12.9. The zero-order valence-corrected chi connectivity index (χ0v) is 22.3. The summed E-state index contributed by atoms with van der Waals surface area (Å²) in [6.07, 6.45) is 0.508. The maximum absolute atomic E-state index is 13.4. The molecule has 3 amide bonds. The maximum Gasteiger partial charge on any atom is 0.274 e. The summed E-state index contributed by atoms with van der Waals surface area (Å²) in [5.74, 6) is -1.46. The van der Waals surface area contributed by atoms with Gasteiger partial charge >= 0.3 is 0 Å². The number of nitrogens with zero attached hydrogens (tertiary/aromatic N) is 2. The van der Waals surface area contributed by atoms with Gasteiger partial charge in [-0.05, 0) is 26.2 Å². The van der Waals surface area contributed by atoms with Crippen molar-refractivity contribution in [2.45, 2.75) is 64.3 Å². The molecule has 1 aliphatic heterocycles. The van der Waals surface area contributed by atoms with Gasteiger partial charge in [-0.1, -0.05) is 19.0 Å². The number of hydrogen-bond donors (Lipinski definition) is 3. The summed E-state index contributed by atoms with van der Waals surface area (Å²) in [4.78, 5) is 56.3. The topological polar surface area (TPSA) is 165 Å². The van der Waals surface area contributed by atoms with Crippen LogP contribution in [0.4, 0.5) is 0 Å². The molecule has 1 saturated heterocycles. The van der Waals surface area contributed by atoms with Crippen molar-refractivity contribution >= 4 is 34.8 Å². The second-order valence-corrected chi connectivity index (χ2v) is 10.3. The molecule has 13 heteroatoms. The minimum Gasteiger partial charge on any atom is -0.382 e. The van der Waals surface area contributed by atoms with Crippen LogP contribution < -0.4 is 16.0 Å². The third kappa shape index (κ3) is 7.91. The Morgan fingerprint density at radius 3 is 2.35 bits per heavy atom. The molecule has 0 saturated carbocycles. The van der Waals surface area contributed by atoms with Crippen LogP contribution in [0.25, 0.3) is 0 Å². The van der Waals surface area contributed by atoms with Crippen LogP contribution in [0.3, 0.4) is 0 Å². The van der Waals surface area contributed by atoms with Gasteiger partial charge in [-0.3, -0.25) is 19.2 Å². The van der Waals surface area contributed by atoms with Crippen LogP contribution in [0, 0.1) is 12.8 Å². The van der Waals surface area contributed by atoms with E-state index >= 15 is 0 Å². The Morgan fingerprint density at radius 2 is 1.81 bits per heavy atom. The number of amides is 3. The number of aryl methyl sites for hydroxylation is 1. The van der Waals surface area contributed by atoms with E-state index in [1.165, 1.54) is 24.5 Å². The van der Waals surface area contributed by atoms with E-state index in [9.17, 15) is 19.2 Å². The van der Waals surface area contributed by atoms with Crippen LogP contribution in [0.1, 0.15) is 49.1 Å². The monoisotopic (exact) mass is 535 g/mol. The van der Waals surface area contributed by atoms with E-state index < -0.39 is 41.4 Å². The number of aromatic nitrogens is 2. The Balaban J connectivity index is 1.75. The summed E-state index contributed by atoms with van der Waals surface area (Å²) < 4.78 is 15.3. The molecule has 0 bridgehead atoms. The zero-order chi connectivity index (χ0) is 27.2. The average molecular weight is 536 g/mol. The smallest absolute Gasteiger partial charge is 0.274 e. The molecule has 2 aromatic rings. The molecule has 1 aliphatic rings. The number of hydrogen-bond acceptors (Lipinski definition) is 10. The van der Waals surface area contributed by atoms with Crippen LogP contribution in [-0.2, 0) is 30.3 Å². The molecular weight excluding hydrogens is 502 g/mol. The fraction of sp³-hybridized carbons (Fsp3) is 0.583. The minimum absolute atomic E-state index is 0.00833. The van der Waals surface area contributed by atoms with Crippen molar-refractivity contribution in [3.05, 3.63) is 34.1 Å². The van der Waals surface area contributed by atoms with Crippen molar-refractivity contribution in [3.8, 4) is 0 Å². The van der Waals surface area contributed by atoms with Crippen molar-refractivity contribution in [2.75, 3.05) is 20.3 Å². The van der Waals surface area contributed by atoms with E-state index in [2.05, 4.69) is 26.1 Å². The van der Waals surface area contributed by atoms with E-state index in [4.69, 9.17) is 14.0 Å². The van der Waals surface area contributed by atoms with Gasteiger partial charge in [-0.15, -0.1) is 11.3 Å². The predicted molar refractivity (Wildman–Crippen MR) is 133 cm³/mol. The molecule has 0 aliphatic carbocycles. The third-order valence-electron chi connectivity index (χ3n) is 5.78. The van der Waals surface area contributed by atoms with Crippen molar-refractivity contribution in [1.29, 1.82) is 0 Å². The van der Waals surface area contributed by atoms with Crippen LogP contribution in [0.2, 0.25) is 0 Å². The second kappa shape index (κ2) is 12.4. The highest BCUT2D eigenvalue weighted by atomic mass is 32.1. The third-order valence-corrected chi connectivity index (χ3v) is 6.42. The number of methoxy groups -OCH3 is 1. The lowest BCUT2D eigenvalue weighted by molar-refractivity contribution is -0.133. The number of Topliss-reactive ketones (excluding diaryl/α,β-unsaturated/α-hetero) is 1. The van der Waals surface area contributed by atoms with E-state index in [-0.39, 0.29) is 30.4 Å². The van der Waals surface area contributed by atoms with Gasteiger partial charge in [0.2, 0.25) is 11.8 Å². The number of ketones is 1. The molecule has 0 radical (unpaired) electrons. The van der Waals surface area contributed by atoms with Crippen LogP contribution in [0.5, 0.6) is 0 Å². The molecule has 3 rings (SSSR count). The zero-order valence-electron chi connectivity index (χ0n) is 21.5. The number of nitrogens with one attached hydrogen (secondary N) is 3. The summed E-state index contributed by atoms with van der Waals surface area (Å²) in [6, 6.07) is -1.52. The Morgan fingerprint density at radius 1 is 1.14 bits per heavy atom. The molecule has 202 valence electrons. The van der Waals surface area contributed by atoms with Gasteiger partial charge in [0, 0.05) is 25.0 Å². The molecule has 0 spiro atoms. The molecule has 1 unspecified atom stereocenters. The average Bonchev–Trinajstić information content (AvgIpc) is 3.20. The number of epoxide rings is 1. The first-order chi connectivity index (χ1) is 17.5. The van der Waals surface area contributed by atoms with Gasteiger partial charge in [-0.25, -0.2) is 4.98 Å². The van der Waals surface area contributed by atoms with Gasteiger partial charge in [0.05, 0.1) is 30.5 Å². The Kier molecular flexibility index (Phi) is 9.51. The summed E-state index contributed by atoms with van der Waals surface area (Å²) >= 11 is 1.35. The number of thiazole rings is 1. The Labute approximate surface area is 218 Å².